The van der Waals surface area contributed by atoms with E-state index in [0.29, 0.717) is 45.3 Å². The monoisotopic (exact) mass is 578 g/mol. The van der Waals surface area contributed by atoms with Gasteiger partial charge in [0.1, 0.15) is 17.5 Å². The highest BCUT2D eigenvalue weighted by atomic mass is 35.5. The molecule has 4 heterocycles. The number of benzene rings is 1. The number of carbonyl (C=O) groups is 1. The van der Waals surface area contributed by atoms with Crippen LogP contribution in [0.15, 0.2) is 52.7 Å². The number of thiazole rings is 1. The molecule has 206 valence electrons. The average molecular weight is 579 g/mol. The van der Waals surface area contributed by atoms with E-state index >= 15 is 0 Å². The molecule has 1 saturated heterocycles. The van der Waals surface area contributed by atoms with Crippen LogP contribution >= 0.6 is 22.9 Å². The molecule has 0 bridgehead atoms. The zero-order chi connectivity index (χ0) is 28.1. The van der Waals surface area contributed by atoms with E-state index in [0.717, 1.165) is 0 Å². The molecule has 2 aromatic heterocycles. The van der Waals surface area contributed by atoms with Gasteiger partial charge in [0.2, 0.25) is 0 Å². The standard InChI is InChI=1S/C26H26ClF3N6O2S/c1-25(2,3)38-24(37)33-26(4)12-18-19(17-7-9-36(34-17)23(29)30)20(15-6-5-14(28)11-16(15)27)32-21(35(18)13-26)22-31-8-10-39-22/h5-11,20,23H,12-13H2,1-4H3,(H,33,37)/t20-,26+/m0/s1. The predicted molar refractivity (Wildman–Crippen MR) is 142 cm³/mol. The number of alkyl halides is 2. The Morgan fingerprint density at radius 2 is 2.08 bits per heavy atom. The molecule has 39 heavy (non-hydrogen) atoms. The lowest BCUT2D eigenvalue weighted by molar-refractivity contribution is 0.0469. The molecule has 0 spiro atoms. The summed E-state index contributed by atoms with van der Waals surface area (Å²) in [5.41, 5.74) is 0.472. The molecule has 3 aromatic rings. The van der Waals surface area contributed by atoms with Gasteiger partial charge in [0.05, 0.1) is 11.2 Å². The summed E-state index contributed by atoms with van der Waals surface area (Å²) < 4.78 is 47.1. The number of amides is 1. The molecule has 0 radical (unpaired) electrons. The Kier molecular flexibility index (Phi) is 6.96. The number of aliphatic imine (C=N–C) groups is 1. The number of aromatic nitrogens is 3. The Morgan fingerprint density at radius 3 is 2.69 bits per heavy atom. The van der Waals surface area contributed by atoms with Gasteiger partial charge in [-0.3, -0.25) is 4.99 Å². The molecule has 5 rings (SSSR count). The van der Waals surface area contributed by atoms with Crippen molar-refractivity contribution in [2.24, 2.45) is 4.99 Å². The first-order chi connectivity index (χ1) is 18.3. The molecule has 1 amide bonds. The van der Waals surface area contributed by atoms with E-state index in [9.17, 15) is 18.0 Å². The van der Waals surface area contributed by atoms with Crippen LogP contribution in [0.4, 0.5) is 18.0 Å². The molecule has 2 aliphatic rings. The second-order valence-electron chi connectivity index (χ2n) is 10.6. The molecule has 2 atom stereocenters. The Morgan fingerprint density at radius 1 is 1.31 bits per heavy atom. The lowest BCUT2D eigenvalue weighted by atomic mass is 9.90. The quantitative estimate of drug-likeness (QED) is 0.377. The van der Waals surface area contributed by atoms with Crippen LogP contribution in [-0.4, -0.2) is 49.3 Å². The van der Waals surface area contributed by atoms with Gasteiger partial charge in [-0.2, -0.15) is 13.9 Å². The fourth-order valence-electron chi connectivity index (χ4n) is 4.79. The van der Waals surface area contributed by atoms with Crippen LogP contribution in [0.25, 0.3) is 5.57 Å². The largest absolute Gasteiger partial charge is 0.444 e. The number of hydrogen-bond donors (Lipinski definition) is 1. The van der Waals surface area contributed by atoms with E-state index in [-0.39, 0.29) is 10.7 Å². The van der Waals surface area contributed by atoms with Gasteiger partial charge in [-0.15, -0.1) is 11.3 Å². The summed E-state index contributed by atoms with van der Waals surface area (Å²) in [5.74, 6) is 0.00800. The number of fused-ring (bicyclic) bond motifs is 1. The predicted octanol–water partition coefficient (Wildman–Crippen LogP) is 6.43. The first kappa shape index (κ1) is 27.2. The van der Waals surface area contributed by atoms with E-state index in [1.165, 1.54) is 41.8 Å². The molecular weight excluding hydrogens is 553 g/mol. The molecule has 8 nitrogen and oxygen atoms in total. The summed E-state index contributed by atoms with van der Waals surface area (Å²) in [4.78, 5) is 24.1. The number of ether oxygens (including phenoxy) is 1. The van der Waals surface area contributed by atoms with Crippen LogP contribution in [0.5, 0.6) is 0 Å². The normalized spacial score (nSPS) is 21.3. The van der Waals surface area contributed by atoms with Crippen molar-refractivity contribution in [3.63, 3.8) is 0 Å². The minimum absolute atomic E-state index is 0.134. The molecule has 1 aromatic carbocycles. The van der Waals surface area contributed by atoms with Crippen molar-refractivity contribution in [2.75, 3.05) is 6.54 Å². The Hall–Kier alpha value is -3.38. The van der Waals surface area contributed by atoms with Crippen LogP contribution in [0.3, 0.4) is 0 Å². The zero-order valence-corrected chi connectivity index (χ0v) is 23.2. The van der Waals surface area contributed by atoms with Crippen LogP contribution in [-0.2, 0) is 4.74 Å². The maximum absolute atomic E-state index is 14.0. The summed E-state index contributed by atoms with van der Waals surface area (Å²) in [7, 11) is 0. The van der Waals surface area contributed by atoms with Gasteiger partial charge in [0.25, 0.3) is 0 Å². The average Bonchev–Trinajstić information content (AvgIpc) is 3.56. The second-order valence-corrected chi connectivity index (χ2v) is 11.9. The SMILES string of the molecule is CC(C)(C)OC(=O)N[C@]1(C)CC2=C(c3ccn(C(F)F)n3)[C@H](c3ccc(F)cc3Cl)N=C(c3nccs3)N2C1. The first-order valence-electron chi connectivity index (χ1n) is 12.1. The van der Waals surface area contributed by atoms with Crippen molar-refractivity contribution in [3.05, 3.63) is 74.8 Å². The van der Waals surface area contributed by atoms with Crippen molar-refractivity contribution in [3.8, 4) is 0 Å². The number of nitrogens with zero attached hydrogens (tertiary/aromatic N) is 5. The van der Waals surface area contributed by atoms with Gasteiger partial charge in [0.15, 0.2) is 10.8 Å². The lowest BCUT2D eigenvalue weighted by Crippen LogP contribution is -2.50. The highest BCUT2D eigenvalue weighted by molar-refractivity contribution is 7.11. The van der Waals surface area contributed by atoms with Crippen LogP contribution in [0, 0.1) is 5.82 Å². The van der Waals surface area contributed by atoms with Crippen molar-refractivity contribution >= 4 is 40.4 Å². The topological polar surface area (TPSA) is 84.6 Å². The Bertz CT molecular complexity index is 1470. The van der Waals surface area contributed by atoms with Gasteiger partial charge in [-0.25, -0.2) is 18.9 Å². The van der Waals surface area contributed by atoms with Crippen LogP contribution < -0.4 is 5.32 Å². The molecular formula is C26H26ClF3N6O2S. The summed E-state index contributed by atoms with van der Waals surface area (Å²) in [6.07, 6.45) is 2.57. The molecule has 0 unspecified atom stereocenters. The zero-order valence-electron chi connectivity index (χ0n) is 21.6. The number of nitrogens with one attached hydrogen (secondary N) is 1. The Labute approximate surface area is 232 Å². The summed E-state index contributed by atoms with van der Waals surface area (Å²) in [6.45, 7) is 4.67. The molecule has 0 aliphatic carbocycles. The summed E-state index contributed by atoms with van der Waals surface area (Å²) in [5, 5.41) is 9.67. The van der Waals surface area contributed by atoms with Crippen molar-refractivity contribution in [1.82, 2.24) is 25.0 Å². The second kappa shape index (κ2) is 9.98. The third kappa shape index (κ3) is 5.53. The van der Waals surface area contributed by atoms with Gasteiger partial charge in [0, 0.05) is 52.6 Å². The maximum atomic E-state index is 14.0. The smallest absolute Gasteiger partial charge is 0.408 e. The third-order valence-corrected chi connectivity index (χ3v) is 7.35. The van der Waals surface area contributed by atoms with Gasteiger partial charge >= 0.3 is 12.6 Å². The highest BCUT2D eigenvalue weighted by Gasteiger charge is 2.47. The summed E-state index contributed by atoms with van der Waals surface area (Å²) >= 11 is 7.87. The number of halogens is 4. The summed E-state index contributed by atoms with van der Waals surface area (Å²) in [6, 6.07) is 4.67. The van der Waals surface area contributed by atoms with Crippen LogP contribution in [0.2, 0.25) is 5.02 Å². The lowest BCUT2D eigenvalue weighted by Gasteiger charge is -2.32. The molecule has 2 aliphatic heterocycles. The minimum atomic E-state index is -2.84. The van der Waals surface area contributed by atoms with Gasteiger partial charge in [-0.05, 0) is 45.9 Å². The number of amidine groups is 1. The van der Waals surface area contributed by atoms with Crippen LogP contribution in [0.1, 0.15) is 63.0 Å². The molecule has 0 saturated carbocycles. The maximum Gasteiger partial charge on any atom is 0.408 e. The van der Waals surface area contributed by atoms with Gasteiger partial charge < -0.3 is 15.0 Å². The Balaban J connectivity index is 1.67. The van der Waals surface area contributed by atoms with Crippen molar-refractivity contribution < 1.29 is 22.7 Å². The van der Waals surface area contributed by atoms with E-state index in [1.807, 2.05) is 17.2 Å². The minimum Gasteiger partial charge on any atom is -0.444 e. The number of carbonyl (C=O) groups excluding carboxylic acids is 1. The molecule has 1 fully saturated rings. The third-order valence-electron chi connectivity index (χ3n) is 6.25. The fraction of sp³-hybridized carbons (Fsp3) is 0.385. The van der Waals surface area contributed by atoms with E-state index in [1.54, 1.807) is 27.0 Å². The van der Waals surface area contributed by atoms with Gasteiger partial charge in [-0.1, -0.05) is 17.7 Å². The van der Waals surface area contributed by atoms with E-state index in [2.05, 4.69) is 15.4 Å². The number of alkyl carbamates (subject to hydrolysis) is 1. The van der Waals surface area contributed by atoms with Crippen molar-refractivity contribution in [2.45, 2.75) is 57.8 Å². The first-order valence-corrected chi connectivity index (χ1v) is 13.4. The van der Waals surface area contributed by atoms with E-state index < -0.39 is 35.6 Å². The van der Waals surface area contributed by atoms with Crippen molar-refractivity contribution in [1.29, 1.82) is 0 Å². The molecule has 1 N–H and O–H groups in total. The molecule has 13 heteroatoms. The number of rotatable bonds is 5. The van der Waals surface area contributed by atoms with E-state index in [4.69, 9.17) is 21.3 Å². The highest BCUT2D eigenvalue weighted by Crippen LogP contribution is 2.48. The number of hydrogen-bond acceptors (Lipinski definition) is 7. The fourth-order valence-corrected chi connectivity index (χ4v) is 5.70.